The lowest BCUT2D eigenvalue weighted by Gasteiger charge is -2.23. The van der Waals surface area contributed by atoms with E-state index in [0.29, 0.717) is 13.0 Å². The van der Waals surface area contributed by atoms with Crippen molar-refractivity contribution in [3.05, 3.63) is 38.9 Å². The number of rotatable bonds is 3. The SMILES string of the molecule is CC1CCN(C(=O)c2ccc([N+](=O)[O-])cc2Cl)C1C(=O)O. The molecule has 0 spiro atoms. The molecule has 112 valence electrons. The Labute approximate surface area is 125 Å². The summed E-state index contributed by atoms with van der Waals surface area (Å²) in [4.78, 5) is 35.0. The number of likely N-dealkylation sites (tertiary alicyclic amines) is 1. The molecule has 1 aliphatic rings. The van der Waals surface area contributed by atoms with Gasteiger partial charge in [-0.3, -0.25) is 14.9 Å². The van der Waals surface area contributed by atoms with Gasteiger partial charge in [-0.25, -0.2) is 4.79 Å². The summed E-state index contributed by atoms with van der Waals surface area (Å²) in [7, 11) is 0. The lowest BCUT2D eigenvalue weighted by molar-refractivity contribution is -0.384. The number of aliphatic carboxylic acids is 1. The Morgan fingerprint density at radius 3 is 2.67 bits per heavy atom. The lowest BCUT2D eigenvalue weighted by Crippen LogP contribution is -2.42. The normalized spacial score (nSPS) is 21.3. The molecule has 0 aromatic heterocycles. The van der Waals surface area contributed by atoms with Gasteiger partial charge in [0.2, 0.25) is 0 Å². The van der Waals surface area contributed by atoms with Crippen LogP contribution >= 0.6 is 11.6 Å². The molecule has 8 heteroatoms. The largest absolute Gasteiger partial charge is 0.480 e. The molecule has 1 N–H and O–H groups in total. The molecule has 0 radical (unpaired) electrons. The van der Waals surface area contributed by atoms with E-state index in [1.165, 1.54) is 17.0 Å². The number of carbonyl (C=O) groups is 2. The summed E-state index contributed by atoms with van der Waals surface area (Å²) in [5, 5.41) is 19.8. The molecule has 1 aromatic rings. The second-order valence-electron chi connectivity index (χ2n) is 4.97. The van der Waals surface area contributed by atoms with Crippen LogP contribution in [0.5, 0.6) is 0 Å². The first kappa shape index (κ1) is 15.2. The van der Waals surface area contributed by atoms with Crippen LogP contribution < -0.4 is 0 Å². The smallest absolute Gasteiger partial charge is 0.326 e. The van der Waals surface area contributed by atoms with Crippen LogP contribution in [0.4, 0.5) is 5.69 Å². The number of hydrogen-bond acceptors (Lipinski definition) is 4. The Morgan fingerprint density at radius 2 is 2.14 bits per heavy atom. The van der Waals surface area contributed by atoms with Crippen molar-refractivity contribution in [3.63, 3.8) is 0 Å². The van der Waals surface area contributed by atoms with E-state index in [0.717, 1.165) is 6.07 Å². The number of halogens is 1. The van der Waals surface area contributed by atoms with Crippen LogP contribution in [0.15, 0.2) is 18.2 Å². The van der Waals surface area contributed by atoms with Gasteiger partial charge >= 0.3 is 5.97 Å². The average Bonchev–Trinajstić information content (AvgIpc) is 2.79. The van der Waals surface area contributed by atoms with Gasteiger partial charge in [-0.05, 0) is 18.4 Å². The molecule has 0 aliphatic carbocycles. The molecule has 1 aromatic carbocycles. The molecule has 7 nitrogen and oxygen atoms in total. The highest BCUT2D eigenvalue weighted by atomic mass is 35.5. The van der Waals surface area contributed by atoms with Gasteiger partial charge in [-0.2, -0.15) is 0 Å². The van der Waals surface area contributed by atoms with Crippen LogP contribution in [0.3, 0.4) is 0 Å². The third kappa shape index (κ3) is 2.82. The summed E-state index contributed by atoms with van der Waals surface area (Å²) in [6, 6.07) is 2.62. The van der Waals surface area contributed by atoms with E-state index in [1.54, 1.807) is 6.92 Å². The van der Waals surface area contributed by atoms with Gasteiger partial charge in [-0.15, -0.1) is 0 Å². The highest BCUT2D eigenvalue weighted by Crippen LogP contribution is 2.29. The number of carboxylic acids is 1. The Bertz CT molecular complexity index is 619. The molecule has 21 heavy (non-hydrogen) atoms. The van der Waals surface area contributed by atoms with E-state index in [9.17, 15) is 24.8 Å². The fourth-order valence-electron chi connectivity index (χ4n) is 2.50. The van der Waals surface area contributed by atoms with Gasteiger partial charge in [0.1, 0.15) is 6.04 Å². The monoisotopic (exact) mass is 312 g/mol. The zero-order chi connectivity index (χ0) is 15.7. The van der Waals surface area contributed by atoms with E-state index in [1.807, 2.05) is 0 Å². The van der Waals surface area contributed by atoms with Crippen LogP contribution in [0.2, 0.25) is 5.02 Å². The summed E-state index contributed by atoms with van der Waals surface area (Å²) in [6.07, 6.45) is 0.591. The molecule has 1 aliphatic heterocycles. The summed E-state index contributed by atoms with van der Waals surface area (Å²) in [5.41, 5.74) is -0.149. The fourth-order valence-corrected chi connectivity index (χ4v) is 2.75. The summed E-state index contributed by atoms with van der Waals surface area (Å²) in [5.74, 6) is -1.73. The highest BCUT2D eigenvalue weighted by Gasteiger charge is 2.40. The fraction of sp³-hybridized carbons (Fsp3) is 0.385. The quantitative estimate of drug-likeness (QED) is 0.681. The Balaban J connectivity index is 2.32. The van der Waals surface area contributed by atoms with E-state index in [4.69, 9.17) is 11.6 Å². The predicted octanol–water partition coefficient (Wildman–Crippen LogP) is 2.18. The number of nitro benzene ring substituents is 1. The van der Waals surface area contributed by atoms with E-state index >= 15 is 0 Å². The summed E-state index contributed by atoms with van der Waals surface area (Å²) < 4.78 is 0. The number of carboxylic acid groups (broad SMARTS) is 1. The molecule has 2 unspecified atom stereocenters. The number of nitro groups is 1. The van der Waals surface area contributed by atoms with E-state index in [-0.39, 0.29) is 22.2 Å². The Hall–Kier alpha value is -2.15. The van der Waals surface area contributed by atoms with Crippen LogP contribution in [-0.4, -0.2) is 39.4 Å². The first-order valence-electron chi connectivity index (χ1n) is 6.30. The van der Waals surface area contributed by atoms with Gasteiger partial charge in [0.25, 0.3) is 11.6 Å². The molecule has 1 heterocycles. The first-order valence-corrected chi connectivity index (χ1v) is 6.68. The number of amides is 1. The van der Waals surface area contributed by atoms with E-state index < -0.39 is 22.8 Å². The zero-order valence-electron chi connectivity index (χ0n) is 11.2. The van der Waals surface area contributed by atoms with Crippen molar-refractivity contribution in [3.8, 4) is 0 Å². The van der Waals surface area contributed by atoms with Crippen LogP contribution in [0.1, 0.15) is 23.7 Å². The maximum atomic E-state index is 12.4. The van der Waals surface area contributed by atoms with Gasteiger partial charge in [0.15, 0.2) is 0 Å². The Morgan fingerprint density at radius 1 is 1.48 bits per heavy atom. The van der Waals surface area contributed by atoms with Gasteiger partial charge in [0.05, 0.1) is 15.5 Å². The molecule has 1 amide bonds. The summed E-state index contributed by atoms with van der Waals surface area (Å²) >= 11 is 5.91. The number of benzene rings is 1. The molecule has 2 atom stereocenters. The predicted molar refractivity (Wildman–Crippen MR) is 74.3 cm³/mol. The molecule has 1 fully saturated rings. The molecule has 2 rings (SSSR count). The van der Waals surface area contributed by atoms with Crippen LogP contribution in [0, 0.1) is 16.0 Å². The second kappa shape index (κ2) is 5.69. The minimum atomic E-state index is -1.06. The van der Waals surface area contributed by atoms with Crippen molar-refractivity contribution in [2.75, 3.05) is 6.54 Å². The third-order valence-corrected chi connectivity index (χ3v) is 3.92. The Kier molecular flexibility index (Phi) is 4.13. The number of nitrogens with zero attached hydrogens (tertiary/aromatic N) is 2. The molecule has 0 saturated carbocycles. The van der Waals surface area contributed by atoms with Gasteiger partial charge < -0.3 is 10.0 Å². The van der Waals surface area contributed by atoms with Gasteiger partial charge in [-0.1, -0.05) is 18.5 Å². The molecular formula is C13H13ClN2O5. The van der Waals surface area contributed by atoms with Crippen LogP contribution in [0.25, 0.3) is 0 Å². The maximum absolute atomic E-state index is 12.4. The standard InChI is InChI=1S/C13H13ClN2O5/c1-7-4-5-15(11(7)13(18)19)12(17)9-3-2-8(16(20)21)6-10(9)14/h2-3,6-7,11H,4-5H2,1H3,(H,18,19). The topological polar surface area (TPSA) is 101 Å². The number of carbonyl (C=O) groups excluding carboxylic acids is 1. The average molecular weight is 313 g/mol. The minimum Gasteiger partial charge on any atom is -0.480 e. The van der Waals surface area contributed by atoms with Crippen molar-refractivity contribution in [2.45, 2.75) is 19.4 Å². The van der Waals surface area contributed by atoms with E-state index in [2.05, 4.69) is 0 Å². The minimum absolute atomic E-state index is 0.0575. The zero-order valence-corrected chi connectivity index (χ0v) is 11.9. The highest BCUT2D eigenvalue weighted by molar-refractivity contribution is 6.34. The molecule has 1 saturated heterocycles. The number of non-ortho nitro benzene ring substituents is 1. The van der Waals surface area contributed by atoms with Crippen molar-refractivity contribution >= 4 is 29.2 Å². The second-order valence-corrected chi connectivity index (χ2v) is 5.38. The van der Waals surface area contributed by atoms with Crippen molar-refractivity contribution in [1.29, 1.82) is 0 Å². The van der Waals surface area contributed by atoms with Crippen molar-refractivity contribution in [1.82, 2.24) is 4.90 Å². The third-order valence-electron chi connectivity index (χ3n) is 3.61. The molecular weight excluding hydrogens is 300 g/mol. The lowest BCUT2D eigenvalue weighted by atomic mass is 10.0. The molecule has 0 bridgehead atoms. The summed E-state index contributed by atoms with van der Waals surface area (Å²) in [6.45, 7) is 2.09. The van der Waals surface area contributed by atoms with Crippen LogP contribution in [-0.2, 0) is 4.79 Å². The van der Waals surface area contributed by atoms with Crippen molar-refractivity contribution < 1.29 is 19.6 Å². The maximum Gasteiger partial charge on any atom is 0.326 e. The van der Waals surface area contributed by atoms with Gasteiger partial charge in [0, 0.05) is 18.7 Å². The first-order chi connectivity index (χ1) is 9.82. The van der Waals surface area contributed by atoms with Crippen molar-refractivity contribution in [2.24, 2.45) is 5.92 Å². The number of hydrogen-bond donors (Lipinski definition) is 1.